The second-order valence-electron chi connectivity index (χ2n) is 5.05. The maximum Gasteiger partial charge on any atom is 0.137 e. The first-order chi connectivity index (χ1) is 7.92. The maximum absolute atomic E-state index is 4.80. The van der Waals surface area contributed by atoms with Gasteiger partial charge < -0.3 is 10.2 Å². The molecule has 0 spiro atoms. The highest BCUT2D eigenvalue weighted by molar-refractivity contribution is 5.52. The van der Waals surface area contributed by atoms with Gasteiger partial charge in [-0.25, -0.2) is 9.97 Å². The topological polar surface area (TPSA) is 41.1 Å². The Morgan fingerprint density at radius 3 is 2.69 bits per heavy atom. The van der Waals surface area contributed by atoms with Crippen LogP contribution in [0.5, 0.6) is 0 Å². The molecule has 0 amide bonds. The second kappa shape index (κ2) is 3.17. The van der Waals surface area contributed by atoms with Crippen molar-refractivity contribution in [1.29, 1.82) is 0 Å². The van der Waals surface area contributed by atoms with Gasteiger partial charge in [0.25, 0.3) is 0 Å². The van der Waals surface area contributed by atoms with Crippen LogP contribution < -0.4 is 10.2 Å². The molecular formula is C12H16N4. The van der Waals surface area contributed by atoms with Gasteiger partial charge in [0.05, 0.1) is 5.69 Å². The predicted octanol–water partition coefficient (Wildman–Crippen LogP) is 1.17. The molecule has 4 nitrogen and oxygen atoms in total. The molecule has 84 valence electrons. The Morgan fingerprint density at radius 1 is 1.12 bits per heavy atom. The standard InChI is InChI=1S/C12H16N4/c1-4-16(5-1)12-9-6-13-7-10(9)14-11(15-12)8-2-3-8/h8,13H,1-7H2. The van der Waals surface area contributed by atoms with E-state index in [9.17, 15) is 0 Å². The second-order valence-corrected chi connectivity index (χ2v) is 5.05. The predicted molar refractivity (Wildman–Crippen MR) is 61.4 cm³/mol. The Bertz CT molecular complexity index is 435. The number of fused-ring (bicyclic) bond motifs is 1. The molecule has 0 unspecified atom stereocenters. The van der Waals surface area contributed by atoms with Crippen LogP contribution in [0.2, 0.25) is 0 Å². The fourth-order valence-electron chi connectivity index (χ4n) is 2.48. The van der Waals surface area contributed by atoms with Gasteiger partial charge >= 0.3 is 0 Å². The van der Waals surface area contributed by atoms with E-state index in [1.807, 2.05) is 0 Å². The maximum atomic E-state index is 4.80. The van der Waals surface area contributed by atoms with Gasteiger partial charge in [0, 0.05) is 37.7 Å². The van der Waals surface area contributed by atoms with Crippen molar-refractivity contribution in [2.75, 3.05) is 18.0 Å². The van der Waals surface area contributed by atoms with Gasteiger partial charge in [-0.2, -0.15) is 0 Å². The van der Waals surface area contributed by atoms with Crippen LogP contribution in [0.4, 0.5) is 5.82 Å². The summed E-state index contributed by atoms with van der Waals surface area (Å²) in [7, 11) is 0. The third kappa shape index (κ3) is 1.26. The Kier molecular flexibility index (Phi) is 1.77. The minimum Gasteiger partial charge on any atom is -0.356 e. The van der Waals surface area contributed by atoms with Crippen molar-refractivity contribution in [1.82, 2.24) is 15.3 Å². The van der Waals surface area contributed by atoms with E-state index in [-0.39, 0.29) is 0 Å². The highest BCUT2D eigenvalue weighted by atomic mass is 15.2. The third-order valence-corrected chi connectivity index (χ3v) is 3.78. The Labute approximate surface area is 95.1 Å². The first kappa shape index (κ1) is 8.93. The molecule has 1 N–H and O–H groups in total. The molecule has 1 saturated heterocycles. The molecule has 0 aromatic carbocycles. The van der Waals surface area contributed by atoms with Gasteiger partial charge in [0.15, 0.2) is 0 Å². The van der Waals surface area contributed by atoms with Crippen LogP contribution in [0.15, 0.2) is 0 Å². The van der Waals surface area contributed by atoms with E-state index in [2.05, 4.69) is 10.2 Å². The van der Waals surface area contributed by atoms with Crippen LogP contribution in [-0.2, 0) is 13.1 Å². The van der Waals surface area contributed by atoms with Crippen LogP contribution in [0, 0.1) is 0 Å². The fourth-order valence-corrected chi connectivity index (χ4v) is 2.48. The van der Waals surface area contributed by atoms with Crippen LogP contribution in [0.25, 0.3) is 0 Å². The number of aromatic nitrogens is 2. The lowest BCUT2D eigenvalue weighted by Gasteiger charge is -2.33. The summed E-state index contributed by atoms with van der Waals surface area (Å²) in [5.41, 5.74) is 2.60. The third-order valence-electron chi connectivity index (χ3n) is 3.78. The molecule has 16 heavy (non-hydrogen) atoms. The number of hydrogen-bond donors (Lipinski definition) is 1. The number of anilines is 1. The molecule has 1 aromatic heterocycles. The lowest BCUT2D eigenvalue weighted by atomic mass is 10.1. The summed E-state index contributed by atoms with van der Waals surface area (Å²) >= 11 is 0. The molecule has 0 atom stereocenters. The zero-order chi connectivity index (χ0) is 10.5. The Morgan fingerprint density at radius 2 is 2.00 bits per heavy atom. The van der Waals surface area contributed by atoms with Gasteiger partial charge in [0.1, 0.15) is 11.6 Å². The zero-order valence-corrected chi connectivity index (χ0v) is 9.37. The lowest BCUT2D eigenvalue weighted by molar-refractivity contribution is 0.602. The average molecular weight is 216 g/mol. The molecule has 3 aliphatic rings. The largest absolute Gasteiger partial charge is 0.356 e. The van der Waals surface area contributed by atoms with Gasteiger partial charge in [-0.05, 0) is 19.3 Å². The lowest BCUT2D eigenvalue weighted by Crippen LogP contribution is -2.38. The van der Waals surface area contributed by atoms with E-state index in [0.717, 1.165) is 18.9 Å². The van der Waals surface area contributed by atoms with Crippen LogP contribution in [0.3, 0.4) is 0 Å². The van der Waals surface area contributed by atoms with Gasteiger partial charge in [-0.15, -0.1) is 0 Å². The Balaban J connectivity index is 1.81. The molecule has 4 heteroatoms. The summed E-state index contributed by atoms with van der Waals surface area (Å²) in [5, 5.41) is 3.39. The van der Waals surface area contributed by atoms with E-state index in [1.165, 1.54) is 49.4 Å². The van der Waals surface area contributed by atoms with E-state index >= 15 is 0 Å². The van der Waals surface area contributed by atoms with Crippen molar-refractivity contribution < 1.29 is 0 Å². The van der Waals surface area contributed by atoms with Crippen molar-refractivity contribution in [3.8, 4) is 0 Å². The van der Waals surface area contributed by atoms with E-state index in [1.54, 1.807) is 0 Å². The van der Waals surface area contributed by atoms with E-state index in [0.29, 0.717) is 5.92 Å². The van der Waals surface area contributed by atoms with Gasteiger partial charge in [-0.3, -0.25) is 0 Å². The number of hydrogen-bond acceptors (Lipinski definition) is 4. The smallest absolute Gasteiger partial charge is 0.137 e. The minimum atomic E-state index is 0.658. The Hall–Kier alpha value is -1.16. The van der Waals surface area contributed by atoms with Crippen molar-refractivity contribution in [2.24, 2.45) is 0 Å². The summed E-state index contributed by atoms with van der Waals surface area (Å²) in [6, 6.07) is 0. The molecular weight excluding hydrogens is 200 g/mol. The first-order valence-corrected chi connectivity index (χ1v) is 6.27. The molecule has 4 rings (SSSR count). The van der Waals surface area contributed by atoms with Crippen molar-refractivity contribution in [2.45, 2.75) is 38.3 Å². The van der Waals surface area contributed by atoms with Crippen molar-refractivity contribution >= 4 is 5.82 Å². The monoisotopic (exact) mass is 216 g/mol. The molecule has 0 radical (unpaired) electrons. The van der Waals surface area contributed by atoms with E-state index < -0.39 is 0 Å². The molecule has 2 fully saturated rings. The quantitative estimate of drug-likeness (QED) is 0.805. The molecule has 1 aliphatic carbocycles. The molecule has 2 aliphatic heterocycles. The molecule has 0 bridgehead atoms. The van der Waals surface area contributed by atoms with Gasteiger partial charge in [0.2, 0.25) is 0 Å². The number of nitrogens with zero attached hydrogens (tertiary/aromatic N) is 3. The fraction of sp³-hybridized carbons (Fsp3) is 0.667. The van der Waals surface area contributed by atoms with E-state index in [4.69, 9.17) is 9.97 Å². The number of rotatable bonds is 2. The summed E-state index contributed by atoms with van der Waals surface area (Å²) in [6.07, 6.45) is 3.88. The summed E-state index contributed by atoms with van der Waals surface area (Å²) in [4.78, 5) is 11.9. The highest BCUT2D eigenvalue weighted by Crippen LogP contribution is 2.40. The number of nitrogens with one attached hydrogen (secondary N) is 1. The highest BCUT2D eigenvalue weighted by Gasteiger charge is 2.31. The minimum absolute atomic E-state index is 0.658. The van der Waals surface area contributed by atoms with Gasteiger partial charge in [-0.1, -0.05) is 0 Å². The molecule has 3 heterocycles. The SMILES string of the molecule is C1CN(c2nc(C3CC3)nc3c2CNC3)C1. The van der Waals surface area contributed by atoms with Crippen LogP contribution in [-0.4, -0.2) is 23.1 Å². The average Bonchev–Trinajstić information content (AvgIpc) is 2.95. The summed E-state index contributed by atoms with van der Waals surface area (Å²) in [5.74, 6) is 2.98. The van der Waals surface area contributed by atoms with Crippen LogP contribution in [0.1, 0.15) is 42.3 Å². The summed E-state index contributed by atoms with van der Waals surface area (Å²) < 4.78 is 0. The first-order valence-electron chi connectivity index (χ1n) is 6.27. The molecule has 1 aromatic rings. The normalized spacial score (nSPS) is 23.1. The zero-order valence-electron chi connectivity index (χ0n) is 9.37. The van der Waals surface area contributed by atoms with Crippen molar-refractivity contribution in [3.05, 3.63) is 17.1 Å². The van der Waals surface area contributed by atoms with Crippen LogP contribution >= 0.6 is 0 Å². The summed E-state index contributed by atoms with van der Waals surface area (Å²) in [6.45, 7) is 4.23. The van der Waals surface area contributed by atoms with Crippen molar-refractivity contribution in [3.63, 3.8) is 0 Å². The molecule has 1 saturated carbocycles.